The molecule has 2 fully saturated rings. The van der Waals surface area contributed by atoms with Crippen molar-refractivity contribution in [3.8, 4) is 0 Å². The summed E-state index contributed by atoms with van der Waals surface area (Å²) in [5.74, 6) is 0.281. The van der Waals surface area contributed by atoms with Crippen LogP contribution in [0.15, 0.2) is 59.4 Å². The maximum Gasteiger partial charge on any atom is 0.326 e. The first kappa shape index (κ1) is 20.5. The Morgan fingerprint density at radius 1 is 0.938 bits per heavy atom. The molecule has 2 amide bonds. The van der Waals surface area contributed by atoms with Crippen molar-refractivity contribution in [2.75, 3.05) is 13.1 Å². The number of aryl methyl sites for hydroxylation is 1. The Labute approximate surface area is 186 Å². The highest BCUT2D eigenvalue weighted by Crippen LogP contribution is 2.40. The molecule has 7 heteroatoms. The summed E-state index contributed by atoms with van der Waals surface area (Å²) in [4.78, 5) is 44.6. The first-order valence-electron chi connectivity index (χ1n) is 11.4. The van der Waals surface area contributed by atoms with Crippen molar-refractivity contribution in [2.24, 2.45) is 0 Å². The summed E-state index contributed by atoms with van der Waals surface area (Å²) in [5, 5.41) is 0. The molecule has 0 atom stereocenters. The summed E-state index contributed by atoms with van der Waals surface area (Å²) in [5.41, 5.74) is 2.43. The van der Waals surface area contributed by atoms with Crippen molar-refractivity contribution in [3.63, 3.8) is 0 Å². The number of H-pyrrole nitrogens is 1. The van der Waals surface area contributed by atoms with E-state index >= 15 is 0 Å². The SMILES string of the molecule is O=C(CCn1c(=O)[nH]c2ccccc21)N1CCC2(CCC(=O)N2Cc2ccccc2)CC1. The average Bonchev–Trinajstić information content (AvgIpc) is 3.30. The Kier molecular flexibility index (Phi) is 5.33. The Morgan fingerprint density at radius 2 is 1.66 bits per heavy atom. The number of carbonyl (C=O) groups excluding carboxylic acids is 2. The van der Waals surface area contributed by atoms with E-state index in [1.54, 1.807) is 4.57 Å². The second kappa shape index (κ2) is 8.30. The van der Waals surface area contributed by atoms with E-state index in [-0.39, 0.29) is 23.0 Å². The van der Waals surface area contributed by atoms with Crippen LogP contribution in [-0.2, 0) is 22.7 Å². The molecule has 1 aromatic heterocycles. The number of rotatable bonds is 5. The number of para-hydroxylation sites is 2. The van der Waals surface area contributed by atoms with Crippen molar-refractivity contribution in [3.05, 3.63) is 70.6 Å². The van der Waals surface area contributed by atoms with Crippen LogP contribution in [0.25, 0.3) is 11.0 Å². The van der Waals surface area contributed by atoms with Gasteiger partial charge in [-0.1, -0.05) is 42.5 Å². The number of aromatic nitrogens is 2. The Balaban J connectivity index is 1.22. The minimum atomic E-state index is -0.183. The van der Waals surface area contributed by atoms with E-state index in [2.05, 4.69) is 22.0 Å². The van der Waals surface area contributed by atoms with Crippen LogP contribution >= 0.6 is 0 Å². The zero-order valence-electron chi connectivity index (χ0n) is 18.1. The molecule has 0 radical (unpaired) electrons. The van der Waals surface area contributed by atoms with Gasteiger partial charge in [-0.25, -0.2) is 4.79 Å². The number of hydrogen-bond acceptors (Lipinski definition) is 3. The Morgan fingerprint density at radius 3 is 2.44 bits per heavy atom. The maximum absolute atomic E-state index is 12.9. The number of nitrogens with zero attached hydrogens (tertiary/aromatic N) is 3. The lowest BCUT2D eigenvalue weighted by Gasteiger charge is -2.45. The molecule has 2 saturated heterocycles. The zero-order chi connectivity index (χ0) is 22.1. The molecular weight excluding hydrogens is 404 g/mol. The van der Waals surface area contributed by atoms with Crippen LogP contribution in [0.5, 0.6) is 0 Å². The molecule has 166 valence electrons. The lowest BCUT2D eigenvalue weighted by Crippen LogP contribution is -2.53. The third-order valence-electron chi connectivity index (χ3n) is 7.14. The van der Waals surface area contributed by atoms with Crippen LogP contribution in [0.3, 0.4) is 0 Å². The summed E-state index contributed by atoms with van der Waals surface area (Å²) < 4.78 is 1.63. The number of nitrogens with one attached hydrogen (secondary N) is 1. The summed E-state index contributed by atoms with van der Waals surface area (Å²) in [6.07, 6.45) is 3.37. The van der Waals surface area contributed by atoms with E-state index in [0.717, 1.165) is 35.9 Å². The van der Waals surface area contributed by atoms with Gasteiger partial charge in [0.25, 0.3) is 0 Å². The summed E-state index contributed by atoms with van der Waals surface area (Å²) in [6.45, 7) is 2.30. The molecule has 1 spiro atoms. The van der Waals surface area contributed by atoms with E-state index in [4.69, 9.17) is 0 Å². The molecule has 0 bridgehead atoms. The molecule has 5 rings (SSSR count). The van der Waals surface area contributed by atoms with Gasteiger partial charge in [0.1, 0.15) is 0 Å². The molecule has 2 aromatic carbocycles. The molecule has 7 nitrogen and oxygen atoms in total. The van der Waals surface area contributed by atoms with Crippen molar-refractivity contribution in [2.45, 2.75) is 50.7 Å². The summed E-state index contributed by atoms with van der Waals surface area (Å²) >= 11 is 0. The highest BCUT2D eigenvalue weighted by atomic mass is 16.2. The number of piperidine rings is 1. The third kappa shape index (κ3) is 3.72. The topological polar surface area (TPSA) is 78.4 Å². The number of fused-ring (bicyclic) bond motifs is 1. The largest absolute Gasteiger partial charge is 0.342 e. The molecule has 3 aromatic rings. The number of benzene rings is 2. The molecule has 0 unspecified atom stereocenters. The number of imidazole rings is 1. The molecular formula is C25H28N4O3. The first-order valence-corrected chi connectivity index (χ1v) is 11.4. The van der Waals surface area contributed by atoms with Crippen LogP contribution in [0.1, 0.15) is 37.7 Å². The fourth-order valence-electron chi connectivity index (χ4n) is 5.28. The van der Waals surface area contributed by atoms with Crippen LogP contribution in [0.2, 0.25) is 0 Å². The van der Waals surface area contributed by atoms with E-state index in [9.17, 15) is 14.4 Å². The standard InChI is InChI=1S/C25H28N4O3/c30-22(11-15-28-21-9-5-4-8-20(21)26-24(28)32)27-16-13-25(14-17-27)12-10-23(31)29(25)18-19-6-2-1-3-7-19/h1-9H,10-18H2,(H,26,32). The van der Waals surface area contributed by atoms with E-state index in [0.29, 0.717) is 39.0 Å². The number of likely N-dealkylation sites (tertiary alicyclic amines) is 2. The Hall–Kier alpha value is -3.35. The van der Waals surface area contributed by atoms with Gasteiger partial charge >= 0.3 is 5.69 Å². The minimum absolute atomic E-state index is 0.0657. The lowest BCUT2D eigenvalue weighted by molar-refractivity contribution is -0.137. The number of amides is 2. The normalized spacial score (nSPS) is 18.1. The number of hydrogen-bond donors (Lipinski definition) is 1. The monoisotopic (exact) mass is 432 g/mol. The highest BCUT2D eigenvalue weighted by Gasteiger charge is 2.47. The predicted molar refractivity (Wildman–Crippen MR) is 122 cm³/mol. The van der Waals surface area contributed by atoms with Crippen molar-refractivity contribution in [1.29, 1.82) is 0 Å². The molecule has 0 aliphatic carbocycles. The van der Waals surface area contributed by atoms with Gasteiger partial charge in [-0.15, -0.1) is 0 Å². The third-order valence-corrected chi connectivity index (χ3v) is 7.14. The molecule has 1 N–H and O–H groups in total. The van der Waals surface area contributed by atoms with E-state index < -0.39 is 0 Å². The van der Waals surface area contributed by atoms with Crippen molar-refractivity contribution in [1.82, 2.24) is 19.4 Å². The lowest BCUT2D eigenvalue weighted by atomic mass is 9.84. The van der Waals surface area contributed by atoms with E-state index in [1.807, 2.05) is 47.4 Å². The zero-order valence-corrected chi connectivity index (χ0v) is 18.1. The fourth-order valence-corrected chi connectivity index (χ4v) is 5.28. The molecule has 2 aliphatic rings. The van der Waals surface area contributed by atoms with Crippen LogP contribution in [-0.4, -0.2) is 49.8 Å². The fraction of sp³-hybridized carbons (Fsp3) is 0.400. The smallest absolute Gasteiger partial charge is 0.326 e. The van der Waals surface area contributed by atoms with Crippen molar-refractivity contribution >= 4 is 22.8 Å². The van der Waals surface area contributed by atoms with Gasteiger partial charge in [-0.3, -0.25) is 14.2 Å². The van der Waals surface area contributed by atoms with Gasteiger partial charge in [-0.2, -0.15) is 0 Å². The molecule has 32 heavy (non-hydrogen) atoms. The quantitative estimate of drug-likeness (QED) is 0.673. The molecule has 0 saturated carbocycles. The van der Waals surface area contributed by atoms with Gasteiger partial charge < -0.3 is 14.8 Å². The number of carbonyl (C=O) groups is 2. The van der Waals surface area contributed by atoms with Crippen LogP contribution < -0.4 is 5.69 Å². The van der Waals surface area contributed by atoms with Gasteiger partial charge in [0.05, 0.1) is 11.0 Å². The summed E-state index contributed by atoms with van der Waals surface area (Å²) in [7, 11) is 0. The van der Waals surface area contributed by atoms with Crippen molar-refractivity contribution < 1.29 is 9.59 Å². The van der Waals surface area contributed by atoms with Gasteiger partial charge in [0, 0.05) is 44.6 Å². The molecule has 2 aliphatic heterocycles. The van der Waals surface area contributed by atoms with Crippen LogP contribution in [0.4, 0.5) is 0 Å². The second-order valence-electron chi connectivity index (χ2n) is 8.92. The minimum Gasteiger partial charge on any atom is -0.342 e. The Bertz CT molecular complexity index is 1190. The maximum atomic E-state index is 12.9. The van der Waals surface area contributed by atoms with Gasteiger partial charge in [0.2, 0.25) is 11.8 Å². The second-order valence-corrected chi connectivity index (χ2v) is 8.92. The van der Waals surface area contributed by atoms with Crippen LogP contribution in [0, 0.1) is 0 Å². The first-order chi connectivity index (χ1) is 15.6. The highest BCUT2D eigenvalue weighted by molar-refractivity contribution is 5.80. The summed E-state index contributed by atoms with van der Waals surface area (Å²) in [6, 6.07) is 17.6. The van der Waals surface area contributed by atoms with Gasteiger partial charge in [0.15, 0.2) is 0 Å². The predicted octanol–water partition coefficient (Wildman–Crippen LogP) is 2.90. The average molecular weight is 433 g/mol. The molecule has 3 heterocycles. The van der Waals surface area contributed by atoms with Gasteiger partial charge in [-0.05, 0) is 37.0 Å². The number of aromatic amines is 1. The van der Waals surface area contributed by atoms with E-state index in [1.165, 1.54) is 0 Å².